The first-order chi connectivity index (χ1) is 20.4. The van der Waals surface area contributed by atoms with Crippen molar-refractivity contribution in [1.82, 2.24) is 19.5 Å². The van der Waals surface area contributed by atoms with Gasteiger partial charge in [0.25, 0.3) is 0 Å². The summed E-state index contributed by atoms with van der Waals surface area (Å²) in [7, 11) is 0. The minimum absolute atomic E-state index is 0.0800. The van der Waals surface area contributed by atoms with E-state index in [4.69, 9.17) is 32.0 Å². The predicted octanol–water partition coefficient (Wildman–Crippen LogP) is 6.28. The van der Waals surface area contributed by atoms with E-state index >= 15 is 0 Å². The first-order valence-electron chi connectivity index (χ1n) is 15.3. The lowest BCUT2D eigenvalue weighted by Crippen LogP contribution is -2.53. The summed E-state index contributed by atoms with van der Waals surface area (Å²) in [6.45, 7) is 4.40. The van der Waals surface area contributed by atoms with Crippen molar-refractivity contribution in [3.63, 3.8) is 0 Å². The predicted molar refractivity (Wildman–Crippen MR) is 164 cm³/mol. The summed E-state index contributed by atoms with van der Waals surface area (Å²) in [5.41, 5.74) is 9.31. The number of rotatable bonds is 6. The van der Waals surface area contributed by atoms with Crippen LogP contribution in [0.1, 0.15) is 76.8 Å². The van der Waals surface area contributed by atoms with Crippen molar-refractivity contribution < 1.29 is 14.6 Å². The molecule has 10 nitrogen and oxygen atoms in total. The summed E-state index contributed by atoms with van der Waals surface area (Å²) in [5.74, 6) is 1.83. The molecule has 224 valence electrons. The molecule has 1 saturated heterocycles. The highest BCUT2D eigenvalue weighted by atomic mass is 35.5. The molecule has 4 heterocycles. The van der Waals surface area contributed by atoms with E-state index in [9.17, 15) is 9.90 Å². The summed E-state index contributed by atoms with van der Waals surface area (Å²) < 4.78 is 8.61. The maximum absolute atomic E-state index is 11.4. The molecule has 3 aliphatic rings. The van der Waals surface area contributed by atoms with Crippen LogP contribution in [0.25, 0.3) is 22.3 Å². The van der Waals surface area contributed by atoms with Crippen molar-refractivity contribution in [3.05, 3.63) is 35.2 Å². The monoisotopic (exact) mass is 593 g/mol. The Morgan fingerprint density at radius 2 is 1.83 bits per heavy atom. The van der Waals surface area contributed by atoms with E-state index in [2.05, 4.69) is 26.4 Å². The molecule has 11 heteroatoms. The number of nitrogens with zero attached hydrogens (tertiary/aromatic N) is 6. The van der Waals surface area contributed by atoms with E-state index in [1.54, 1.807) is 18.5 Å². The highest BCUT2D eigenvalue weighted by Crippen LogP contribution is 2.39. The zero-order valence-electron chi connectivity index (χ0n) is 24.2. The average molecular weight is 594 g/mol. The Hall–Kier alpha value is -3.24. The van der Waals surface area contributed by atoms with Crippen LogP contribution in [0.3, 0.4) is 0 Å². The van der Waals surface area contributed by atoms with Crippen LogP contribution in [-0.2, 0) is 11.3 Å². The summed E-state index contributed by atoms with van der Waals surface area (Å²) in [6, 6.07) is 3.83. The third-order valence-electron chi connectivity index (χ3n) is 9.18. The molecule has 6 rings (SSSR count). The Morgan fingerprint density at radius 1 is 1.10 bits per heavy atom. The molecule has 3 aromatic rings. The van der Waals surface area contributed by atoms with Gasteiger partial charge in [-0.3, -0.25) is 4.98 Å². The second kappa shape index (κ2) is 12.6. The van der Waals surface area contributed by atoms with Gasteiger partial charge in [0.1, 0.15) is 5.69 Å². The van der Waals surface area contributed by atoms with Crippen LogP contribution < -0.4 is 10.6 Å². The van der Waals surface area contributed by atoms with Gasteiger partial charge in [-0.15, -0.1) is 0 Å². The summed E-state index contributed by atoms with van der Waals surface area (Å²) in [6.07, 6.45) is 14.4. The molecule has 3 N–H and O–H groups in total. The molecule has 0 aromatic carbocycles. The van der Waals surface area contributed by atoms with Crippen LogP contribution in [-0.4, -0.2) is 61.9 Å². The molecule has 3 aromatic heterocycles. The van der Waals surface area contributed by atoms with Gasteiger partial charge in [-0.1, -0.05) is 50.1 Å². The minimum Gasteiger partial charge on any atom is -0.463 e. The highest BCUT2D eigenvalue weighted by molar-refractivity contribution is 6.30. The lowest BCUT2D eigenvalue weighted by molar-refractivity contribution is 0.0119. The molecular weight excluding hydrogens is 554 g/mol. The number of nitrogens with two attached hydrogens (primary N) is 1. The largest absolute Gasteiger partial charge is 0.463 e. The van der Waals surface area contributed by atoms with Crippen LogP contribution in [0.5, 0.6) is 0 Å². The number of imidazole rings is 1. The number of halogens is 1. The number of morpholine rings is 1. The lowest BCUT2D eigenvalue weighted by Gasteiger charge is -2.44. The summed E-state index contributed by atoms with van der Waals surface area (Å²) >= 11 is 6.40. The molecule has 1 aliphatic heterocycles. The zero-order valence-corrected chi connectivity index (χ0v) is 25.0. The third kappa shape index (κ3) is 6.10. The van der Waals surface area contributed by atoms with Gasteiger partial charge >= 0.3 is 6.09 Å². The van der Waals surface area contributed by atoms with Crippen LogP contribution in [0.2, 0.25) is 5.02 Å². The summed E-state index contributed by atoms with van der Waals surface area (Å²) in [4.78, 5) is 31.9. The first-order valence-corrected chi connectivity index (χ1v) is 15.7. The van der Waals surface area contributed by atoms with Gasteiger partial charge in [-0.2, -0.15) is 4.99 Å². The normalized spacial score (nSPS) is 23.0. The van der Waals surface area contributed by atoms with E-state index < -0.39 is 6.09 Å². The number of pyridine rings is 2. The maximum Gasteiger partial charge on any atom is 0.433 e. The molecule has 2 unspecified atom stereocenters. The Morgan fingerprint density at radius 3 is 2.55 bits per heavy atom. The molecule has 1 amide bonds. The number of ether oxygens (including phenoxy) is 1. The first kappa shape index (κ1) is 28.9. The molecular formula is C31H40ClN7O3. The topological polar surface area (TPSA) is 132 Å². The molecule has 0 spiro atoms. The number of amidine groups is 1. The Bertz CT molecular complexity index is 1460. The number of aliphatic imine (C=N–C) groups is 1. The minimum atomic E-state index is -1.37. The number of aromatic nitrogens is 4. The van der Waals surface area contributed by atoms with Gasteiger partial charge in [0.2, 0.25) is 5.95 Å². The van der Waals surface area contributed by atoms with Gasteiger partial charge < -0.3 is 25.0 Å². The standard InChI is InChI=1S/C31H40ClN7O3/c1-19-16-38(26(18-42-19)21-10-6-3-7-11-21)30-36-24-13-25(29(33)37-31(40)41)35-27(22-12-23(32)15-34-14-22)28(24)39(30)17-20-8-4-2-5-9-20/h12-15,19-21,26H,2-11,16-18H2,1H3,(H2,33,37)(H,40,41). The Labute approximate surface area is 251 Å². The van der Waals surface area contributed by atoms with Crippen molar-refractivity contribution in [1.29, 1.82) is 0 Å². The highest BCUT2D eigenvalue weighted by Gasteiger charge is 2.37. The molecule has 0 radical (unpaired) electrons. The van der Waals surface area contributed by atoms with Crippen molar-refractivity contribution in [2.75, 3.05) is 18.1 Å². The second-order valence-corrected chi connectivity index (χ2v) is 12.6. The quantitative estimate of drug-likeness (QED) is 0.252. The molecule has 2 atom stereocenters. The Kier molecular flexibility index (Phi) is 8.62. The van der Waals surface area contributed by atoms with Crippen molar-refractivity contribution in [2.24, 2.45) is 22.6 Å². The number of anilines is 1. The van der Waals surface area contributed by atoms with E-state index in [0.29, 0.717) is 40.2 Å². The van der Waals surface area contributed by atoms with Crippen molar-refractivity contribution >= 4 is 40.5 Å². The molecule has 0 bridgehead atoms. The fraction of sp³-hybridized carbons (Fsp3) is 0.581. The molecule has 2 aliphatic carbocycles. The van der Waals surface area contributed by atoms with Crippen molar-refractivity contribution in [2.45, 2.75) is 89.8 Å². The van der Waals surface area contributed by atoms with E-state index in [-0.39, 0.29) is 23.7 Å². The van der Waals surface area contributed by atoms with Crippen molar-refractivity contribution in [3.8, 4) is 11.3 Å². The Balaban J connectivity index is 1.57. The fourth-order valence-corrected chi connectivity index (χ4v) is 7.33. The second-order valence-electron chi connectivity index (χ2n) is 12.2. The van der Waals surface area contributed by atoms with Crippen LogP contribution in [0.15, 0.2) is 29.5 Å². The molecule has 42 heavy (non-hydrogen) atoms. The third-order valence-corrected chi connectivity index (χ3v) is 9.39. The molecule has 2 saturated carbocycles. The number of fused-ring (bicyclic) bond motifs is 1. The summed E-state index contributed by atoms with van der Waals surface area (Å²) in [5, 5.41) is 9.78. The number of carboxylic acid groups (broad SMARTS) is 1. The van der Waals surface area contributed by atoms with E-state index in [1.807, 2.05) is 6.07 Å². The average Bonchev–Trinajstić information content (AvgIpc) is 3.35. The molecule has 3 fully saturated rings. The number of carbonyl (C=O) groups is 1. The number of hydrogen-bond acceptors (Lipinski definition) is 6. The number of hydrogen-bond donors (Lipinski definition) is 2. The van der Waals surface area contributed by atoms with Crippen LogP contribution in [0, 0.1) is 11.8 Å². The van der Waals surface area contributed by atoms with Crippen LogP contribution >= 0.6 is 11.6 Å². The van der Waals surface area contributed by atoms with Gasteiger partial charge in [0.05, 0.1) is 40.5 Å². The SMILES string of the molecule is CC1CN(c2nc3cc(C(N)=NC(=O)O)nc(-c4cncc(Cl)c4)c3n2CC2CCCCC2)C(C2CCCCC2)CO1. The smallest absolute Gasteiger partial charge is 0.433 e. The van der Waals surface area contributed by atoms with Crippen LogP contribution in [0.4, 0.5) is 10.7 Å². The van der Waals surface area contributed by atoms with Gasteiger partial charge in [0, 0.05) is 31.0 Å². The zero-order chi connectivity index (χ0) is 29.2. The number of amides is 1. The van der Waals surface area contributed by atoms with Gasteiger partial charge in [-0.25, -0.2) is 14.8 Å². The van der Waals surface area contributed by atoms with E-state index in [0.717, 1.165) is 24.6 Å². The maximum atomic E-state index is 11.4. The van der Waals surface area contributed by atoms with Gasteiger partial charge in [0.15, 0.2) is 5.84 Å². The lowest BCUT2D eigenvalue weighted by atomic mass is 9.83. The van der Waals surface area contributed by atoms with Gasteiger partial charge in [-0.05, 0) is 56.6 Å². The van der Waals surface area contributed by atoms with E-state index in [1.165, 1.54) is 64.2 Å². The fourth-order valence-electron chi connectivity index (χ4n) is 7.16.